The van der Waals surface area contributed by atoms with Crippen molar-refractivity contribution in [1.82, 2.24) is 25.4 Å². The molecule has 10 heteroatoms. The van der Waals surface area contributed by atoms with E-state index in [4.69, 9.17) is 0 Å². The largest absolute Gasteiger partial charge is 0.347 e. The molecule has 1 amide bonds. The molecule has 1 saturated heterocycles. The molecule has 22 heavy (non-hydrogen) atoms. The highest BCUT2D eigenvalue weighted by Gasteiger charge is 2.42. The molecule has 3 heterocycles. The molecule has 2 N–H and O–H groups in total. The van der Waals surface area contributed by atoms with Crippen LogP contribution in [0, 0.1) is 0 Å². The van der Waals surface area contributed by atoms with Gasteiger partial charge in [-0.25, -0.2) is 8.78 Å². The summed E-state index contributed by atoms with van der Waals surface area (Å²) in [5.41, 5.74) is 0. The standard InChI is InChI=1S/C12H17F2N5O.2ClH/c13-12(14)5-8(16-7-12)11(20)15-6-10-18-17-9-3-1-2-4-19(9)10;;/h8,16H,1-7H2,(H,15,20);2*1H. The highest BCUT2D eigenvalue weighted by atomic mass is 35.5. The van der Waals surface area contributed by atoms with Crippen LogP contribution in [0.25, 0.3) is 0 Å². The molecule has 126 valence electrons. The lowest BCUT2D eigenvalue weighted by molar-refractivity contribution is -0.123. The lowest BCUT2D eigenvalue weighted by Gasteiger charge is -2.15. The molecule has 1 aromatic rings. The highest BCUT2D eigenvalue weighted by molar-refractivity contribution is 5.85. The fourth-order valence-electron chi connectivity index (χ4n) is 2.69. The predicted octanol–water partition coefficient (Wildman–Crippen LogP) is 1.07. The minimum atomic E-state index is -2.80. The first kappa shape index (κ1) is 19.1. The molecule has 1 fully saturated rings. The van der Waals surface area contributed by atoms with Crippen molar-refractivity contribution in [1.29, 1.82) is 0 Å². The van der Waals surface area contributed by atoms with E-state index in [0.29, 0.717) is 5.82 Å². The molecule has 0 radical (unpaired) electrons. The van der Waals surface area contributed by atoms with Crippen LogP contribution in [0.3, 0.4) is 0 Å². The Hall–Kier alpha value is -0.990. The maximum absolute atomic E-state index is 13.0. The summed E-state index contributed by atoms with van der Waals surface area (Å²) in [6.07, 6.45) is 2.63. The number of fused-ring (bicyclic) bond motifs is 1. The van der Waals surface area contributed by atoms with Crippen molar-refractivity contribution < 1.29 is 13.6 Å². The third kappa shape index (κ3) is 4.05. The molecule has 3 rings (SSSR count). The monoisotopic (exact) mass is 357 g/mol. The summed E-state index contributed by atoms with van der Waals surface area (Å²) in [4.78, 5) is 11.8. The van der Waals surface area contributed by atoms with Gasteiger partial charge >= 0.3 is 0 Å². The Morgan fingerprint density at radius 1 is 1.36 bits per heavy atom. The molecule has 0 spiro atoms. The van der Waals surface area contributed by atoms with Gasteiger partial charge in [-0.15, -0.1) is 35.0 Å². The zero-order valence-corrected chi connectivity index (χ0v) is 13.5. The van der Waals surface area contributed by atoms with Gasteiger partial charge < -0.3 is 9.88 Å². The van der Waals surface area contributed by atoms with Gasteiger partial charge in [0, 0.05) is 19.4 Å². The van der Waals surface area contributed by atoms with Crippen LogP contribution in [0.1, 0.15) is 30.9 Å². The van der Waals surface area contributed by atoms with Crippen LogP contribution in [0.2, 0.25) is 0 Å². The zero-order valence-electron chi connectivity index (χ0n) is 11.8. The summed E-state index contributed by atoms with van der Waals surface area (Å²) < 4.78 is 28.0. The van der Waals surface area contributed by atoms with Crippen LogP contribution in [0.5, 0.6) is 0 Å². The van der Waals surface area contributed by atoms with Gasteiger partial charge in [0.25, 0.3) is 5.92 Å². The Balaban J connectivity index is 0.00000121. The average molecular weight is 358 g/mol. The second kappa shape index (κ2) is 7.52. The third-order valence-corrected chi connectivity index (χ3v) is 3.78. The van der Waals surface area contributed by atoms with Gasteiger partial charge in [0.1, 0.15) is 5.82 Å². The topological polar surface area (TPSA) is 71.8 Å². The number of amides is 1. The number of nitrogens with zero attached hydrogens (tertiary/aromatic N) is 3. The van der Waals surface area contributed by atoms with E-state index in [1.54, 1.807) is 0 Å². The first-order chi connectivity index (χ1) is 9.55. The molecular weight excluding hydrogens is 339 g/mol. The van der Waals surface area contributed by atoms with E-state index in [1.807, 2.05) is 4.57 Å². The van der Waals surface area contributed by atoms with Crippen LogP contribution < -0.4 is 10.6 Å². The van der Waals surface area contributed by atoms with Gasteiger partial charge in [0.05, 0.1) is 19.1 Å². The molecule has 1 atom stereocenters. The molecule has 2 aliphatic rings. The highest BCUT2D eigenvalue weighted by Crippen LogP contribution is 2.25. The van der Waals surface area contributed by atoms with Crippen molar-refractivity contribution in [2.75, 3.05) is 6.54 Å². The number of alkyl halides is 2. The fraction of sp³-hybridized carbons (Fsp3) is 0.750. The van der Waals surface area contributed by atoms with Crippen LogP contribution in [-0.2, 0) is 24.3 Å². The van der Waals surface area contributed by atoms with Crippen molar-refractivity contribution in [3.05, 3.63) is 11.6 Å². The maximum Gasteiger partial charge on any atom is 0.262 e. The summed E-state index contributed by atoms with van der Waals surface area (Å²) in [5, 5.41) is 13.3. The quantitative estimate of drug-likeness (QED) is 0.848. The molecule has 1 aromatic heterocycles. The molecule has 1 unspecified atom stereocenters. The Morgan fingerprint density at radius 3 is 2.82 bits per heavy atom. The Labute approximate surface area is 139 Å². The number of aryl methyl sites for hydroxylation is 1. The summed E-state index contributed by atoms with van der Waals surface area (Å²) >= 11 is 0. The van der Waals surface area contributed by atoms with Gasteiger partial charge in [0.2, 0.25) is 5.91 Å². The van der Waals surface area contributed by atoms with Crippen LogP contribution in [-0.4, -0.2) is 39.2 Å². The Kier molecular flexibility index (Phi) is 6.51. The number of carbonyl (C=O) groups is 1. The van der Waals surface area contributed by atoms with Gasteiger partial charge in [-0.05, 0) is 12.8 Å². The number of aromatic nitrogens is 3. The second-order valence-electron chi connectivity index (χ2n) is 5.35. The molecule has 2 aliphatic heterocycles. The molecule has 6 nitrogen and oxygen atoms in total. The number of carbonyl (C=O) groups excluding carboxylic acids is 1. The van der Waals surface area contributed by atoms with E-state index < -0.39 is 30.8 Å². The summed E-state index contributed by atoms with van der Waals surface area (Å²) in [5.74, 6) is -1.57. The molecule has 0 aromatic carbocycles. The minimum Gasteiger partial charge on any atom is -0.347 e. The van der Waals surface area contributed by atoms with E-state index in [9.17, 15) is 13.6 Å². The van der Waals surface area contributed by atoms with Crippen molar-refractivity contribution in [2.45, 2.75) is 50.7 Å². The van der Waals surface area contributed by atoms with Gasteiger partial charge in [-0.1, -0.05) is 0 Å². The SMILES string of the molecule is Cl.Cl.O=C(NCc1nnc2n1CCCC2)C1CC(F)(F)CN1. The number of hydrogen-bond donors (Lipinski definition) is 2. The normalized spacial score (nSPS) is 22.2. The van der Waals surface area contributed by atoms with Crippen molar-refractivity contribution >= 4 is 30.7 Å². The number of hydrogen-bond acceptors (Lipinski definition) is 4. The molecule has 0 bridgehead atoms. The van der Waals surface area contributed by atoms with Crippen LogP contribution >= 0.6 is 24.8 Å². The van der Waals surface area contributed by atoms with E-state index in [-0.39, 0.29) is 31.4 Å². The lowest BCUT2D eigenvalue weighted by atomic mass is 10.1. The first-order valence-corrected chi connectivity index (χ1v) is 6.85. The third-order valence-electron chi connectivity index (χ3n) is 3.78. The van der Waals surface area contributed by atoms with Crippen molar-refractivity contribution in [3.63, 3.8) is 0 Å². The predicted molar refractivity (Wildman–Crippen MR) is 80.7 cm³/mol. The van der Waals surface area contributed by atoms with E-state index in [2.05, 4.69) is 20.8 Å². The second-order valence-corrected chi connectivity index (χ2v) is 5.35. The van der Waals surface area contributed by atoms with E-state index in [1.165, 1.54) is 0 Å². The van der Waals surface area contributed by atoms with Crippen molar-refractivity contribution in [2.24, 2.45) is 0 Å². The number of halogens is 4. The Bertz CT molecular complexity index is 526. The smallest absolute Gasteiger partial charge is 0.262 e. The minimum absolute atomic E-state index is 0. The average Bonchev–Trinajstić information content (AvgIpc) is 2.99. The van der Waals surface area contributed by atoms with Gasteiger partial charge in [0.15, 0.2) is 5.82 Å². The first-order valence-electron chi connectivity index (χ1n) is 6.85. The Morgan fingerprint density at radius 2 is 2.14 bits per heavy atom. The van der Waals surface area contributed by atoms with E-state index in [0.717, 1.165) is 31.6 Å². The maximum atomic E-state index is 13.0. The van der Waals surface area contributed by atoms with Crippen LogP contribution in [0.4, 0.5) is 8.78 Å². The van der Waals surface area contributed by atoms with Gasteiger partial charge in [-0.3, -0.25) is 10.1 Å². The number of nitrogens with one attached hydrogen (secondary N) is 2. The molecule has 0 aliphatic carbocycles. The van der Waals surface area contributed by atoms with E-state index >= 15 is 0 Å². The summed E-state index contributed by atoms with van der Waals surface area (Å²) in [7, 11) is 0. The van der Waals surface area contributed by atoms with Crippen LogP contribution in [0.15, 0.2) is 0 Å². The van der Waals surface area contributed by atoms with Crippen molar-refractivity contribution in [3.8, 4) is 0 Å². The lowest BCUT2D eigenvalue weighted by Crippen LogP contribution is -2.40. The number of rotatable bonds is 3. The summed E-state index contributed by atoms with van der Waals surface area (Å²) in [6.45, 7) is 0.647. The summed E-state index contributed by atoms with van der Waals surface area (Å²) in [6, 6.07) is -0.825. The fourth-order valence-corrected chi connectivity index (χ4v) is 2.69. The molecule has 0 saturated carbocycles. The molecular formula is C12H19Cl2F2N5O. The van der Waals surface area contributed by atoms with Gasteiger partial charge in [-0.2, -0.15) is 0 Å². The zero-order chi connectivity index (χ0) is 14.2.